The maximum Gasteiger partial charge on any atom is 0.324 e. The van der Waals surface area contributed by atoms with Crippen molar-refractivity contribution in [2.45, 2.75) is 46.5 Å². The second-order valence-electron chi connectivity index (χ2n) is 9.28. The number of urea groups is 1. The number of hydrogen-bond donors (Lipinski definition) is 2. The molecule has 1 atom stereocenters. The van der Waals surface area contributed by atoms with Gasteiger partial charge in [-0.25, -0.2) is 9.48 Å². The molecule has 1 aromatic heterocycles. The Bertz CT molecular complexity index is 1220. The van der Waals surface area contributed by atoms with E-state index in [0.29, 0.717) is 29.6 Å². The number of esters is 1. The van der Waals surface area contributed by atoms with Crippen molar-refractivity contribution in [3.63, 3.8) is 0 Å². The summed E-state index contributed by atoms with van der Waals surface area (Å²) in [6, 6.07) is 14.1. The molecule has 7 nitrogen and oxygen atoms in total. The second-order valence-corrected chi connectivity index (χ2v) is 10.1. The Labute approximate surface area is 215 Å². The molecule has 2 aromatic carbocycles. The number of anilines is 2. The van der Waals surface area contributed by atoms with Crippen LogP contribution in [-0.4, -0.2) is 28.4 Å². The molecule has 0 aliphatic heterocycles. The van der Waals surface area contributed by atoms with Gasteiger partial charge in [0.15, 0.2) is 0 Å². The Balaban J connectivity index is 1.90. The zero-order valence-electron chi connectivity index (χ0n) is 20.5. The number of rotatable bonds is 7. The maximum atomic E-state index is 12.8. The molecule has 0 spiro atoms. The lowest BCUT2D eigenvalue weighted by molar-refractivity contribution is -0.147. The molecule has 0 aliphatic carbocycles. The van der Waals surface area contributed by atoms with Gasteiger partial charge in [-0.1, -0.05) is 69.1 Å². The number of aromatic nitrogens is 2. The van der Waals surface area contributed by atoms with Gasteiger partial charge in [0.25, 0.3) is 0 Å². The number of benzene rings is 2. The molecule has 2 amide bonds. The quantitative estimate of drug-likeness (QED) is 0.335. The molecule has 1 heterocycles. The highest BCUT2D eigenvalue weighted by molar-refractivity contribution is 6.44. The molecular weight excluding hydrogens is 487 g/mol. The first kappa shape index (κ1) is 26.6. The summed E-state index contributed by atoms with van der Waals surface area (Å²) in [6.07, 6.45) is 0.524. The summed E-state index contributed by atoms with van der Waals surface area (Å²) in [5.41, 5.74) is 2.67. The first-order chi connectivity index (χ1) is 16.5. The number of carbonyl (C=O) groups is 2. The van der Waals surface area contributed by atoms with E-state index in [0.717, 1.165) is 16.9 Å². The molecule has 35 heavy (non-hydrogen) atoms. The summed E-state index contributed by atoms with van der Waals surface area (Å²) in [5, 5.41) is 11.0. The summed E-state index contributed by atoms with van der Waals surface area (Å²) in [6.45, 7) is 10.1. The van der Waals surface area contributed by atoms with Crippen LogP contribution >= 0.6 is 23.2 Å². The molecule has 186 valence electrons. The second kappa shape index (κ2) is 11.1. The van der Waals surface area contributed by atoms with Gasteiger partial charge < -0.3 is 10.1 Å². The van der Waals surface area contributed by atoms with Crippen LogP contribution in [0.3, 0.4) is 0 Å². The summed E-state index contributed by atoms with van der Waals surface area (Å²) < 4.78 is 6.81. The minimum atomic E-state index is -0.483. The van der Waals surface area contributed by atoms with E-state index in [-0.39, 0.29) is 22.3 Å². The zero-order valence-corrected chi connectivity index (χ0v) is 22.0. The summed E-state index contributed by atoms with van der Waals surface area (Å²) in [5.74, 6) is -0.0225. The lowest BCUT2D eigenvalue weighted by Crippen LogP contribution is -2.21. The van der Waals surface area contributed by atoms with E-state index in [9.17, 15) is 9.59 Å². The van der Waals surface area contributed by atoms with Crippen LogP contribution in [0.1, 0.15) is 45.9 Å². The van der Waals surface area contributed by atoms with Crippen molar-refractivity contribution in [2.75, 3.05) is 17.2 Å². The molecule has 0 radical (unpaired) electrons. The van der Waals surface area contributed by atoms with E-state index >= 15 is 0 Å². The lowest BCUT2D eigenvalue weighted by atomic mass is 9.92. The monoisotopic (exact) mass is 516 g/mol. The standard InChI is InChI=1S/C26H30Cl2N4O3/c1-6-35-24(33)16(2)13-17-9-7-10-18(14-17)32-22(15-21(31-32)26(3,4)5)30-25(34)29-20-12-8-11-19(27)23(20)28/h7-12,14-16H,6,13H2,1-5H3,(H2,29,30,34). The fourth-order valence-corrected chi connectivity index (χ4v) is 3.79. The molecule has 0 bridgehead atoms. The van der Waals surface area contributed by atoms with Gasteiger partial charge in [0.1, 0.15) is 5.82 Å². The van der Waals surface area contributed by atoms with Crippen molar-refractivity contribution in [3.05, 3.63) is 69.8 Å². The summed E-state index contributed by atoms with van der Waals surface area (Å²) >= 11 is 12.3. The average molecular weight is 517 g/mol. The van der Waals surface area contributed by atoms with E-state index < -0.39 is 6.03 Å². The van der Waals surface area contributed by atoms with Gasteiger partial charge in [-0.15, -0.1) is 0 Å². The molecular formula is C26H30Cl2N4O3. The Morgan fingerprint density at radius 2 is 1.80 bits per heavy atom. The number of carbonyl (C=O) groups excluding carboxylic acids is 2. The summed E-state index contributed by atoms with van der Waals surface area (Å²) in [7, 11) is 0. The van der Waals surface area contributed by atoms with E-state index in [4.69, 9.17) is 33.0 Å². The van der Waals surface area contributed by atoms with Crippen LogP contribution < -0.4 is 10.6 Å². The number of nitrogens with zero attached hydrogens (tertiary/aromatic N) is 2. The van der Waals surface area contributed by atoms with Crippen LogP contribution in [0.25, 0.3) is 5.69 Å². The van der Waals surface area contributed by atoms with Crippen molar-refractivity contribution < 1.29 is 14.3 Å². The zero-order chi connectivity index (χ0) is 25.8. The van der Waals surface area contributed by atoms with E-state index in [1.54, 1.807) is 29.8 Å². The third-order valence-corrected chi connectivity index (χ3v) is 6.12. The Morgan fingerprint density at radius 3 is 2.49 bits per heavy atom. The number of halogens is 2. The molecule has 0 saturated carbocycles. The first-order valence-electron chi connectivity index (χ1n) is 11.4. The topological polar surface area (TPSA) is 85.2 Å². The van der Waals surface area contributed by atoms with Crippen LogP contribution in [0.15, 0.2) is 48.5 Å². The highest BCUT2D eigenvalue weighted by Crippen LogP contribution is 2.30. The molecule has 2 N–H and O–H groups in total. The van der Waals surface area contributed by atoms with Gasteiger partial charge in [0.2, 0.25) is 0 Å². The highest BCUT2D eigenvalue weighted by atomic mass is 35.5. The third kappa shape index (κ3) is 6.77. The van der Waals surface area contributed by atoms with Gasteiger partial charge in [0.05, 0.1) is 39.6 Å². The molecule has 9 heteroatoms. The molecule has 1 unspecified atom stereocenters. The van der Waals surface area contributed by atoms with Gasteiger partial charge in [-0.3, -0.25) is 10.1 Å². The smallest absolute Gasteiger partial charge is 0.324 e. The Kier molecular flexibility index (Phi) is 8.46. The van der Waals surface area contributed by atoms with Crippen LogP contribution in [-0.2, 0) is 21.4 Å². The van der Waals surface area contributed by atoms with Crippen molar-refractivity contribution in [1.82, 2.24) is 9.78 Å². The molecule has 3 aromatic rings. The lowest BCUT2D eigenvalue weighted by Gasteiger charge is -2.14. The van der Waals surface area contributed by atoms with Crippen molar-refractivity contribution in [2.24, 2.45) is 5.92 Å². The van der Waals surface area contributed by atoms with Crippen LogP contribution in [0, 0.1) is 5.92 Å². The fraction of sp³-hybridized carbons (Fsp3) is 0.346. The Hall–Kier alpha value is -3.03. The van der Waals surface area contributed by atoms with Gasteiger partial charge >= 0.3 is 12.0 Å². The normalized spacial score (nSPS) is 12.2. The average Bonchev–Trinajstić information content (AvgIpc) is 3.21. The van der Waals surface area contributed by atoms with Gasteiger partial charge in [-0.2, -0.15) is 5.10 Å². The summed E-state index contributed by atoms with van der Waals surface area (Å²) in [4.78, 5) is 24.9. The highest BCUT2D eigenvalue weighted by Gasteiger charge is 2.22. The maximum absolute atomic E-state index is 12.8. The molecule has 0 fully saturated rings. The number of nitrogens with one attached hydrogen (secondary N) is 2. The van der Waals surface area contributed by atoms with Gasteiger partial charge in [0, 0.05) is 11.5 Å². The van der Waals surface area contributed by atoms with E-state index in [1.807, 2.05) is 58.0 Å². The first-order valence-corrected chi connectivity index (χ1v) is 12.1. The Morgan fingerprint density at radius 1 is 1.09 bits per heavy atom. The van der Waals surface area contributed by atoms with Crippen molar-refractivity contribution in [3.8, 4) is 5.69 Å². The van der Waals surface area contributed by atoms with Crippen LogP contribution in [0.4, 0.5) is 16.3 Å². The molecule has 0 saturated heterocycles. The number of amides is 2. The number of hydrogen-bond acceptors (Lipinski definition) is 4. The van der Waals surface area contributed by atoms with Crippen molar-refractivity contribution >= 4 is 46.7 Å². The third-order valence-electron chi connectivity index (χ3n) is 5.31. The predicted octanol–water partition coefficient (Wildman–Crippen LogP) is 6.86. The van der Waals surface area contributed by atoms with E-state index in [2.05, 4.69) is 10.6 Å². The number of ether oxygens (including phenoxy) is 1. The molecule has 0 aliphatic rings. The van der Waals surface area contributed by atoms with Crippen LogP contribution in [0.5, 0.6) is 0 Å². The minimum absolute atomic E-state index is 0.231. The fourth-order valence-electron chi connectivity index (χ4n) is 3.44. The minimum Gasteiger partial charge on any atom is -0.466 e. The largest absolute Gasteiger partial charge is 0.466 e. The van der Waals surface area contributed by atoms with Crippen LogP contribution in [0.2, 0.25) is 10.0 Å². The van der Waals surface area contributed by atoms with Gasteiger partial charge in [-0.05, 0) is 43.2 Å². The molecule has 3 rings (SSSR count). The predicted molar refractivity (Wildman–Crippen MR) is 141 cm³/mol. The SMILES string of the molecule is CCOC(=O)C(C)Cc1cccc(-n2nc(C(C)(C)C)cc2NC(=O)Nc2cccc(Cl)c2Cl)c1. The van der Waals surface area contributed by atoms with E-state index in [1.165, 1.54) is 0 Å². The van der Waals surface area contributed by atoms with Crippen molar-refractivity contribution in [1.29, 1.82) is 0 Å².